The highest BCUT2D eigenvalue weighted by Crippen LogP contribution is 2.33. The van der Waals surface area contributed by atoms with Gasteiger partial charge in [0.25, 0.3) is 0 Å². The Morgan fingerprint density at radius 1 is 0.365 bits per heavy atom. The van der Waals surface area contributed by atoms with Gasteiger partial charge < -0.3 is 0 Å². The first-order valence-corrected chi connectivity index (χ1v) is 34.6. The molecule has 0 aromatic rings. The molecule has 3 aliphatic rings. The van der Waals surface area contributed by atoms with Crippen molar-refractivity contribution in [1.82, 2.24) is 0 Å². The second-order valence-corrected chi connectivity index (χ2v) is 27.8. The zero-order valence-electron chi connectivity index (χ0n) is 59.2. The largest absolute Gasteiger partial charge is 0.0654 e. The molecule has 3 rings (SSSR count). The van der Waals surface area contributed by atoms with Crippen LogP contribution in [0.5, 0.6) is 0 Å². The van der Waals surface area contributed by atoms with Gasteiger partial charge in [-0.3, -0.25) is 0 Å². The second kappa shape index (κ2) is 71.0. The van der Waals surface area contributed by atoms with E-state index in [9.17, 15) is 0 Å². The maximum atomic E-state index is 2.36. The normalized spacial score (nSPS) is 14.4. The Morgan fingerprint density at radius 2 is 0.757 bits per heavy atom. The van der Waals surface area contributed by atoms with Crippen LogP contribution >= 0.6 is 0 Å². The monoisotopic (exact) mass is 1050 g/mol. The van der Waals surface area contributed by atoms with E-state index in [0.29, 0.717) is 10.8 Å². The van der Waals surface area contributed by atoms with Gasteiger partial charge in [0.05, 0.1) is 0 Å². The zero-order valence-corrected chi connectivity index (χ0v) is 59.2. The summed E-state index contributed by atoms with van der Waals surface area (Å²) in [5.41, 5.74) is 1.09. The number of hydrogen-bond donors (Lipinski definition) is 0. The molecule has 460 valence electrons. The van der Waals surface area contributed by atoms with Gasteiger partial charge in [0, 0.05) is 0 Å². The molecule has 0 nitrogen and oxygen atoms in total. The van der Waals surface area contributed by atoms with E-state index in [1.807, 2.05) is 0 Å². The van der Waals surface area contributed by atoms with E-state index in [0.717, 1.165) is 53.3 Å². The van der Waals surface area contributed by atoms with Crippen molar-refractivity contribution >= 4 is 0 Å². The Bertz CT molecular complexity index is 827. The summed E-state index contributed by atoms with van der Waals surface area (Å²) in [6.45, 7) is 65.6. The Hall–Kier alpha value is 0. The molecule has 0 aromatic heterocycles. The summed E-state index contributed by atoms with van der Waals surface area (Å²) in [7, 11) is 0. The summed E-state index contributed by atoms with van der Waals surface area (Å²) in [5, 5.41) is 0. The van der Waals surface area contributed by atoms with Crippen LogP contribution in [-0.2, 0) is 0 Å². The summed E-state index contributed by atoms with van der Waals surface area (Å²) in [6.07, 6.45) is 47.9. The van der Waals surface area contributed by atoms with Crippen LogP contribution in [0, 0.1) is 64.1 Å². The molecule has 3 fully saturated rings. The minimum atomic E-state index is 0.542. The van der Waals surface area contributed by atoms with Crippen molar-refractivity contribution in [2.45, 2.75) is 419 Å². The SMILES string of the molecule is CC(C)C1CCC1.CC1CCCCC1.CCC(C)(C)C.CCC(CC)CC.CCCC(C)(C)C.CCCC(C)C.CCCC1CC1.CCCCC(C)C.CCCCC(C)C.CCCCCCC.CCC[C@H](C)CC. The zero-order chi connectivity index (χ0) is 59.2. The van der Waals surface area contributed by atoms with Crippen molar-refractivity contribution in [3.8, 4) is 0 Å². The summed E-state index contributed by atoms with van der Waals surface area (Å²) in [6, 6.07) is 0. The van der Waals surface area contributed by atoms with E-state index in [4.69, 9.17) is 0 Å². The predicted octanol–water partition coefficient (Wildman–Crippen LogP) is 29.3. The Morgan fingerprint density at radius 3 is 0.851 bits per heavy atom. The molecular weight excluding hydrogens is 889 g/mol. The van der Waals surface area contributed by atoms with Crippen LogP contribution in [0.2, 0.25) is 0 Å². The van der Waals surface area contributed by atoms with E-state index >= 15 is 0 Å². The molecule has 0 saturated heterocycles. The molecule has 0 spiro atoms. The molecule has 0 heterocycles. The number of hydrogen-bond acceptors (Lipinski definition) is 0. The predicted molar refractivity (Wildman–Crippen MR) is 358 cm³/mol. The van der Waals surface area contributed by atoms with E-state index < -0.39 is 0 Å². The fourth-order valence-corrected chi connectivity index (χ4v) is 8.02. The molecule has 0 unspecified atom stereocenters. The molecule has 0 aliphatic heterocycles. The summed E-state index contributed by atoms with van der Waals surface area (Å²) < 4.78 is 0. The quantitative estimate of drug-likeness (QED) is 0.0948. The van der Waals surface area contributed by atoms with Crippen molar-refractivity contribution in [3.63, 3.8) is 0 Å². The lowest BCUT2D eigenvalue weighted by Gasteiger charge is -2.28. The van der Waals surface area contributed by atoms with Gasteiger partial charge >= 0.3 is 0 Å². The maximum absolute atomic E-state index is 2.36. The molecule has 0 heteroatoms. The van der Waals surface area contributed by atoms with Crippen molar-refractivity contribution < 1.29 is 0 Å². The molecule has 0 aromatic carbocycles. The molecule has 0 amide bonds. The fraction of sp³-hybridized carbons (Fsp3) is 1.00. The molecule has 3 aliphatic carbocycles. The highest BCUT2D eigenvalue weighted by molar-refractivity contribution is 4.72. The summed E-state index contributed by atoms with van der Waals surface area (Å²) >= 11 is 0. The van der Waals surface area contributed by atoms with E-state index in [1.54, 1.807) is 0 Å². The highest BCUT2D eigenvalue weighted by Gasteiger charge is 2.20. The summed E-state index contributed by atoms with van der Waals surface area (Å²) in [5.74, 6) is 8.86. The minimum absolute atomic E-state index is 0.542. The first kappa shape index (κ1) is 90.5. The minimum Gasteiger partial charge on any atom is -0.0654 e. The Labute approximate surface area is 480 Å². The Balaban J connectivity index is -0.000000108. The van der Waals surface area contributed by atoms with Crippen LogP contribution in [0.3, 0.4) is 0 Å². The standard InChI is InChI=1S/2C7H14.6C7H16.C6H12.2C6H14/c1-6(2)7-4-3-5-7;1-7-5-3-2-4-6-7;1-5-6-7(2,3)4;2*1-4-5-6-7(2)3;1-4-6-7(3)5-2;1-4-7(5-2)6-3;1-3-5-7-6-4-2;1-2-3-6-4-5-6;1-5-6(2,3)4;1-4-5-6(2)3/h6-7H,3-5H2,1-2H3;7H,2-6H2,1H3;5-6H2,1-4H3;4*7H,4-6H2,1-3H3;3-7H2,1-2H3;6H,2-5H2,1H3;5H2,1-4H3;6H,4-5H2,1-3H3/t;;;;;7-;;;;;/m.....1...../s1. The third-order valence-corrected chi connectivity index (χ3v) is 15.0. The third kappa shape index (κ3) is 112. The molecular formula is C74H164. The summed E-state index contributed by atoms with van der Waals surface area (Å²) in [4.78, 5) is 0. The van der Waals surface area contributed by atoms with Gasteiger partial charge in [0.2, 0.25) is 0 Å². The first-order valence-electron chi connectivity index (χ1n) is 34.6. The van der Waals surface area contributed by atoms with Crippen molar-refractivity contribution in [3.05, 3.63) is 0 Å². The van der Waals surface area contributed by atoms with Crippen molar-refractivity contribution in [2.75, 3.05) is 0 Å². The van der Waals surface area contributed by atoms with Crippen LogP contribution in [-0.4, -0.2) is 0 Å². The van der Waals surface area contributed by atoms with Crippen LogP contribution in [0.15, 0.2) is 0 Å². The van der Waals surface area contributed by atoms with Gasteiger partial charge in [-0.05, 0) is 70.5 Å². The van der Waals surface area contributed by atoms with Gasteiger partial charge in [0.1, 0.15) is 0 Å². The third-order valence-electron chi connectivity index (χ3n) is 15.0. The molecule has 0 bridgehead atoms. The van der Waals surface area contributed by atoms with Gasteiger partial charge in [-0.25, -0.2) is 0 Å². The first-order chi connectivity index (χ1) is 34.6. The van der Waals surface area contributed by atoms with Crippen molar-refractivity contribution in [1.29, 1.82) is 0 Å². The Kier molecular flexibility index (Phi) is 86.9. The van der Waals surface area contributed by atoms with E-state index in [1.165, 1.54) is 218 Å². The van der Waals surface area contributed by atoms with Crippen molar-refractivity contribution in [2.24, 2.45) is 64.1 Å². The highest BCUT2D eigenvalue weighted by atomic mass is 14.3. The molecule has 74 heavy (non-hydrogen) atoms. The topological polar surface area (TPSA) is 0 Å². The maximum Gasteiger partial charge on any atom is -0.0383 e. The molecule has 1 atom stereocenters. The van der Waals surface area contributed by atoms with Crippen LogP contribution in [0.25, 0.3) is 0 Å². The molecule has 0 radical (unpaired) electrons. The lowest BCUT2D eigenvalue weighted by Crippen LogP contribution is -2.16. The number of unbranched alkanes of at least 4 members (excludes halogenated alkanes) is 6. The second-order valence-electron chi connectivity index (χ2n) is 27.8. The van der Waals surface area contributed by atoms with Crippen LogP contribution < -0.4 is 0 Å². The lowest BCUT2D eigenvalue weighted by molar-refractivity contribution is 0.235. The van der Waals surface area contributed by atoms with Crippen LogP contribution in [0.4, 0.5) is 0 Å². The van der Waals surface area contributed by atoms with Gasteiger partial charge in [0.15, 0.2) is 0 Å². The van der Waals surface area contributed by atoms with E-state index in [2.05, 4.69) is 201 Å². The molecule has 0 N–H and O–H groups in total. The smallest absolute Gasteiger partial charge is 0.0383 e. The van der Waals surface area contributed by atoms with Crippen LogP contribution in [0.1, 0.15) is 419 Å². The molecule has 3 saturated carbocycles. The average molecular weight is 1050 g/mol. The van der Waals surface area contributed by atoms with Gasteiger partial charge in [-0.15, -0.1) is 0 Å². The average Bonchev–Trinajstić information content (AvgIpc) is 4.14. The van der Waals surface area contributed by atoms with Gasteiger partial charge in [-0.2, -0.15) is 0 Å². The van der Waals surface area contributed by atoms with E-state index in [-0.39, 0.29) is 0 Å². The number of rotatable bonds is 22. The fourth-order valence-electron chi connectivity index (χ4n) is 8.02. The lowest BCUT2D eigenvalue weighted by atomic mass is 9.78. The van der Waals surface area contributed by atoms with Gasteiger partial charge in [-0.1, -0.05) is 413 Å².